The van der Waals surface area contributed by atoms with Gasteiger partial charge in [-0.3, -0.25) is 0 Å². The van der Waals surface area contributed by atoms with E-state index >= 15 is 0 Å². The van der Waals surface area contributed by atoms with Crippen molar-refractivity contribution in [3.8, 4) is 22.3 Å². The highest BCUT2D eigenvalue weighted by atomic mass is 35.5. The van der Waals surface area contributed by atoms with Crippen LogP contribution in [0.15, 0.2) is 48.5 Å². The molecule has 38 heavy (non-hydrogen) atoms. The van der Waals surface area contributed by atoms with E-state index in [0.717, 1.165) is 0 Å². The first-order chi connectivity index (χ1) is 17.7. The Balaban J connectivity index is 0.00000253. The lowest BCUT2D eigenvalue weighted by Gasteiger charge is -2.17. The Hall–Kier alpha value is -1.58. The third-order valence-electron chi connectivity index (χ3n) is 8.44. The fourth-order valence-electron chi connectivity index (χ4n) is 6.09. The van der Waals surface area contributed by atoms with Crippen LogP contribution in [0, 0.1) is 0 Å². The van der Waals surface area contributed by atoms with Gasteiger partial charge in [-0.05, 0) is 122 Å². The minimum atomic E-state index is 0. The zero-order chi connectivity index (χ0) is 25.3. The van der Waals surface area contributed by atoms with Crippen LogP contribution in [0.25, 0.3) is 33.0 Å². The SMILES string of the molecule is CCN(CC)CCCCCc1ccc2c(c1)-c1ccc(CCCCCN(CC)CC)c3cccc-2c13.Cl.Cl. The van der Waals surface area contributed by atoms with Crippen molar-refractivity contribution < 1.29 is 0 Å². The average Bonchev–Trinajstić information content (AvgIpc) is 3.24. The average molecular weight is 558 g/mol. The number of halogens is 2. The lowest BCUT2D eigenvalue weighted by atomic mass is 9.95. The van der Waals surface area contributed by atoms with Crippen LogP contribution < -0.4 is 0 Å². The minimum Gasteiger partial charge on any atom is -0.304 e. The second-order valence-electron chi connectivity index (χ2n) is 10.6. The van der Waals surface area contributed by atoms with Crippen LogP contribution in [0.3, 0.4) is 0 Å². The molecule has 4 heteroatoms. The van der Waals surface area contributed by atoms with Gasteiger partial charge in [0.05, 0.1) is 0 Å². The van der Waals surface area contributed by atoms with Gasteiger partial charge >= 0.3 is 0 Å². The molecule has 0 aliphatic heterocycles. The van der Waals surface area contributed by atoms with Crippen LogP contribution in [-0.4, -0.2) is 49.1 Å². The fourth-order valence-corrected chi connectivity index (χ4v) is 6.09. The Kier molecular flexibility index (Phi) is 14.2. The molecule has 2 nitrogen and oxygen atoms in total. The largest absolute Gasteiger partial charge is 0.304 e. The number of benzene rings is 3. The second-order valence-corrected chi connectivity index (χ2v) is 10.6. The summed E-state index contributed by atoms with van der Waals surface area (Å²) in [5, 5.41) is 2.97. The van der Waals surface area contributed by atoms with E-state index in [1.807, 2.05) is 0 Å². The van der Waals surface area contributed by atoms with E-state index in [-0.39, 0.29) is 24.8 Å². The van der Waals surface area contributed by atoms with Crippen LogP contribution in [0.4, 0.5) is 0 Å². The van der Waals surface area contributed by atoms with E-state index in [2.05, 4.69) is 86.0 Å². The molecule has 0 saturated heterocycles. The summed E-state index contributed by atoms with van der Waals surface area (Å²) in [7, 11) is 0. The van der Waals surface area contributed by atoms with Crippen molar-refractivity contribution >= 4 is 35.6 Å². The van der Waals surface area contributed by atoms with Crippen molar-refractivity contribution in [1.29, 1.82) is 0 Å². The van der Waals surface area contributed by atoms with Gasteiger partial charge in [-0.2, -0.15) is 0 Å². The number of hydrogen-bond donors (Lipinski definition) is 0. The second kappa shape index (κ2) is 16.5. The Morgan fingerprint density at radius 1 is 0.526 bits per heavy atom. The van der Waals surface area contributed by atoms with Crippen LogP contribution in [0.2, 0.25) is 0 Å². The van der Waals surface area contributed by atoms with Crippen molar-refractivity contribution in [2.45, 2.75) is 79.1 Å². The van der Waals surface area contributed by atoms with Crippen LogP contribution in [0.1, 0.15) is 77.3 Å². The van der Waals surface area contributed by atoms with Crippen molar-refractivity contribution in [2.24, 2.45) is 0 Å². The number of nitrogens with zero attached hydrogens (tertiary/aromatic N) is 2. The van der Waals surface area contributed by atoms with Gasteiger partial charge in [-0.15, -0.1) is 24.8 Å². The van der Waals surface area contributed by atoms with Crippen molar-refractivity contribution in [1.82, 2.24) is 9.80 Å². The van der Waals surface area contributed by atoms with E-state index < -0.39 is 0 Å². The lowest BCUT2D eigenvalue weighted by Crippen LogP contribution is -2.23. The molecule has 0 spiro atoms. The summed E-state index contributed by atoms with van der Waals surface area (Å²) in [6, 6.07) is 19.0. The molecule has 0 N–H and O–H groups in total. The van der Waals surface area contributed by atoms with E-state index in [9.17, 15) is 0 Å². The Labute approximate surface area is 245 Å². The molecule has 210 valence electrons. The summed E-state index contributed by atoms with van der Waals surface area (Å²) in [5.74, 6) is 0. The highest BCUT2D eigenvalue weighted by molar-refractivity contribution is 6.16. The number of unbranched alkanes of at least 4 members (excludes halogenated alkanes) is 4. The number of aryl methyl sites for hydroxylation is 2. The molecular formula is C34H50Cl2N2. The molecular weight excluding hydrogens is 507 g/mol. The van der Waals surface area contributed by atoms with Gasteiger partial charge in [0.25, 0.3) is 0 Å². The normalized spacial score (nSPS) is 11.6. The third kappa shape index (κ3) is 7.75. The van der Waals surface area contributed by atoms with Crippen molar-refractivity contribution in [3.63, 3.8) is 0 Å². The summed E-state index contributed by atoms with van der Waals surface area (Å²) >= 11 is 0. The molecule has 0 amide bonds. The van der Waals surface area contributed by atoms with Crippen LogP contribution in [-0.2, 0) is 12.8 Å². The molecule has 1 aliphatic carbocycles. The van der Waals surface area contributed by atoms with Crippen LogP contribution >= 0.6 is 24.8 Å². The third-order valence-corrected chi connectivity index (χ3v) is 8.44. The maximum absolute atomic E-state index is 2.54. The maximum Gasteiger partial charge on any atom is -0.00190 e. The van der Waals surface area contributed by atoms with Gasteiger partial charge in [-0.25, -0.2) is 0 Å². The highest BCUT2D eigenvalue weighted by Gasteiger charge is 2.22. The highest BCUT2D eigenvalue weighted by Crippen LogP contribution is 2.48. The number of hydrogen-bond acceptors (Lipinski definition) is 2. The van der Waals surface area contributed by atoms with Gasteiger partial charge in [0.1, 0.15) is 0 Å². The van der Waals surface area contributed by atoms with Crippen LogP contribution in [0.5, 0.6) is 0 Å². The summed E-state index contributed by atoms with van der Waals surface area (Å²) in [6.45, 7) is 16.2. The summed E-state index contributed by atoms with van der Waals surface area (Å²) in [5.41, 5.74) is 8.79. The number of fused-ring (bicyclic) bond motifs is 3. The minimum absolute atomic E-state index is 0. The molecule has 4 rings (SSSR count). The summed E-state index contributed by atoms with van der Waals surface area (Å²) in [4.78, 5) is 5.07. The lowest BCUT2D eigenvalue weighted by molar-refractivity contribution is 0.296. The predicted octanol–water partition coefficient (Wildman–Crippen LogP) is 9.44. The van der Waals surface area contributed by atoms with Gasteiger partial charge in [0.15, 0.2) is 0 Å². The van der Waals surface area contributed by atoms with Crippen molar-refractivity contribution in [2.75, 3.05) is 39.3 Å². The molecule has 0 aromatic heterocycles. The quantitative estimate of drug-likeness (QED) is 0.127. The van der Waals surface area contributed by atoms with E-state index in [4.69, 9.17) is 0 Å². The predicted molar refractivity (Wildman–Crippen MR) is 174 cm³/mol. The first-order valence-corrected chi connectivity index (χ1v) is 14.8. The molecule has 0 radical (unpaired) electrons. The molecule has 1 aliphatic rings. The maximum atomic E-state index is 2.54. The fraction of sp³-hybridized carbons (Fsp3) is 0.529. The molecule has 3 aromatic carbocycles. The molecule has 0 fully saturated rings. The molecule has 0 saturated carbocycles. The van der Waals surface area contributed by atoms with E-state index in [1.165, 1.54) is 135 Å². The zero-order valence-corrected chi connectivity index (χ0v) is 25.9. The monoisotopic (exact) mass is 556 g/mol. The Morgan fingerprint density at radius 2 is 1.11 bits per heavy atom. The first-order valence-electron chi connectivity index (χ1n) is 14.8. The Morgan fingerprint density at radius 3 is 1.74 bits per heavy atom. The number of rotatable bonds is 16. The van der Waals surface area contributed by atoms with E-state index in [0.29, 0.717) is 0 Å². The van der Waals surface area contributed by atoms with Crippen molar-refractivity contribution in [3.05, 3.63) is 59.7 Å². The summed E-state index contributed by atoms with van der Waals surface area (Å²) < 4.78 is 0. The van der Waals surface area contributed by atoms with Gasteiger partial charge in [0.2, 0.25) is 0 Å². The smallest absolute Gasteiger partial charge is 0.00190 e. The Bertz CT molecular complexity index is 1120. The van der Waals surface area contributed by atoms with Gasteiger partial charge < -0.3 is 9.80 Å². The summed E-state index contributed by atoms with van der Waals surface area (Å²) in [6.07, 6.45) is 10.2. The topological polar surface area (TPSA) is 6.48 Å². The standard InChI is InChI=1S/C34H48N2.2ClH/c1-5-35(6-2)24-13-9-11-16-27-20-22-30-31-19-15-18-29-28(17-12-10-14-25-36(7-3)8-4)21-23-32(34(29)31)33(30)26-27;;/h15,18-23,26H,5-14,16-17,24-25H2,1-4H3;2*1H. The molecule has 0 unspecified atom stereocenters. The van der Waals surface area contributed by atoms with Gasteiger partial charge in [0, 0.05) is 0 Å². The molecule has 0 bridgehead atoms. The molecule has 0 heterocycles. The first kappa shape index (κ1) is 32.6. The molecule has 0 atom stereocenters. The van der Waals surface area contributed by atoms with Gasteiger partial charge in [-0.1, -0.05) is 89.1 Å². The van der Waals surface area contributed by atoms with E-state index in [1.54, 1.807) is 0 Å². The molecule has 3 aromatic rings. The zero-order valence-electron chi connectivity index (χ0n) is 24.2.